The van der Waals surface area contributed by atoms with E-state index in [0.717, 1.165) is 69.8 Å². The lowest BCUT2D eigenvalue weighted by atomic mass is 9.98. The van der Waals surface area contributed by atoms with Gasteiger partial charge in [0, 0.05) is 12.1 Å². The van der Waals surface area contributed by atoms with E-state index in [4.69, 9.17) is 14.2 Å². The van der Waals surface area contributed by atoms with E-state index in [0.29, 0.717) is 12.0 Å². The molecule has 1 saturated heterocycles. The summed E-state index contributed by atoms with van der Waals surface area (Å²) in [5.41, 5.74) is 1.28. The Hall–Kier alpha value is -2.89. The maximum Gasteiger partial charge on any atom is 0.347 e. The van der Waals surface area contributed by atoms with Crippen LogP contribution in [0.3, 0.4) is 0 Å². The topological polar surface area (TPSA) is 166 Å². The number of phenols is 2. The van der Waals surface area contributed by atoms with Crippen molar-refractivity contribution in [2.75, 3.05) is 6.61 Å². The lowest BCUT2D eigenvalue weighted by Crippen LogP contribution is -2.60. The van der Waals surface area contributed by atoms with E-state index in [9.17, 15) is 35.4 Å². The third kappa shape index (κ3) is 10.1. The molecular formula is C33H48O10. The Morgan fingerprint density at radius 3 is 2.05 bits per heavy atom. The number of aliphatic hydroxyl groups is 4. The number of aryl methyl sites for hydroxylation is 2. The van der Waals surface area contributed by atoms with E-state index >= 15 is 0 Å². The zero-order valence-electron chi connectivity index (χ0n) is 25.3. The predicted molar refractivity (Wildman–Crippen MR) is 160 cm³/mol. The average molecular weight is 605 g/mol. The van der Waals surface area contributed by atoms with Gasteiger partial charge in [-0.05, 0) is 55.0 Å². The Morgan fingerprint density at radius 2 is 1.40 bits per heavy atom. The first kappa shape index (κ1) is 34.6. The summed E-state index contributed by atoms with van der Waals surface area (Å²) in [7, 11) is 0. The van der Waals surface area contributed by atoms with Gasteiger partial charge in [-0.15, -0.1) is 0 Å². The molecule has 1 aliphatic rings. The zero-order valence-corrected chi connectivity index (χ0v) is 25.3. The monoisotopic (exact) mass is 604 g/mol. The van der Waals surface area contributed by atoms with Crippen molar-refractivity contribution in [2.45, 2.75) is 122 Å². The van der Waals surface area contributed by atoms with Crippen molar-refractivity contribution < 1.29 is 49.6 Å². The Kier molecular flexibility index (Phi) is 14.0. The van der Waals surface area contributed by atoms with Crippen LogP contribution in [0.4, 0.5) is 0 Å². The van der Waals surface area contributed by atoms with Crippen LogP contribution in [0.2, 0.25) is 0 Å². The van der Waals surface area contributed by atoms with E-state index in [2.05, 4.69) is 13.8 Å². The lowest BCUT2D eigenvalue weighted by molar-refractivity contribution is -0.277. The summed E-state index contributed by atoms with van der Waals surface area (Å²) in [4.78, 5) is 13.7. The predicted octanol–water partition coefficient (Wildman–Crippen LogP) is 4.52. The fraction of sp³-hybridized carbons (Fsp3) is 0.606. The highest BCUT2D eigenvalue weighted by Crippen LogP contribution is 2.34. The number of carbonyl (C=O) groups excluding carboxylic acids is 1. The minimum Gasteiger partial charge on any atom is -0.508 e. The molecule has 2 aromatic rings. The molecule has 0 unspecified atom stereocenters. The summed E-state index contributed by atoms with van der Waals surface area (Å²) in [6.07, 6.45) is 3.65. The van der Waals surface area contributed by atoms with E-state index in [1.54, 1.807) is 12.1 Å². The molecule has 2 aromatic carbocycles. The van der Waals surface area contributed by atoms with Crippen molar-refractivity contribution in [1.29, 1.82) is 0 Å². The van der Waals surface area contributed by atoms with Gasteiger partial charge in [0.15, 0.2) is 0 Å². The zero-order chi connectivity index (χ0) is 31.4. The van der Waals surface area contributed by atoms with Crippen molar-refractivity contribution >= 4 is 5.97 Å². The highest BCUT2D eigenvalue weighted by atomic mass is 16.7. The number of phenolic OH excluding ortho intramolecular Hbond substituents is 2. The Bertz CT molecular complexity index is 1150. The summed E-state index contributed by atoms with van der Waals surface area (Å²) < 4.78 is 17.1. The molecule has 1 heterocycles. The van der Waals surface area contributed by atoms with Gasteiger partial charge in [0.05, 0.1) is 6.61 Å². The number of aliphatic hydroxyl groups excluding tert-OH is 4. The van der Waals surface area contributed by atoms with Crippen molar-refractivity contribution in [3.8, 4) is 23.0 Å². The van der Waals surface area contributed by atoms with Crippen LogP contribution in [0.25, 0.3) is 0 Å². The molecule has 0 radical (unpaired) electrons. The van der Waals surface area contributed by atoms with Crippen LogP contribution in [0.5, 0.6) is 23.0 Å². The molecule has 240 valence electrons. The third-order valence-corrected chi connectivity index (χ3v) is 7.74. The van der Waals surface area contributed by atoms with Crippen LogP contribution in [0.15, 0.2) is 30.3 Å². The Balaban J connectivity index is 1.89. The molecule has 43 heavy (non-hydrogen) atoms. The number of ether oxygens (including phenoxy) is 3. The van der Waals surface area contributed by atoms with Crippen molar-refractivity contribution in [1.82, 2.24) is 0 Å². The second-order valence-electron chi connectivity index (χ2n) is 11.3. The van der Waals surface area contributed by atoms with Crippen LogP contribution in [0, 0.1) is 0 Å². The van der Waals surface area contributed by atoms with Gasteiger partial charge in [-0.25, -0.2) is 4.79 Å². The highest BCUT2D eigenvalue weighted by Gasteiger charge is 2.45. The van der Waals surface area contributed by atoms with Gasteiger partial charge in [0.1, 0.15) is 53.0 Å². The second-order valence-corrected chi connectivity index (χ2v) is 11.3. The summed E-state index contributed by atoms with van der Waals surface area (Å²) >= 11 is 0. The molecule has 0 bridgehead atoms. The smallest absolute Gasteiger partial charge is 0.347 e. The molecule has 0 amide bonds. The molecular weight excluding hydrogens is 556 g/mol. The fourth-order valence-electron chi connectivity index (χ4n) is 5.33. The number of hydrogen-bond donors (Lipinski definition) is 6. The van der Waals surface area contributed by atoms with Crippen molar-refractivity contribution in [3.05, 3.63) is 47.0 Å². The number of benzene rings is 2. The van der Waals surface area contributed by atoms with Gasteiger partial charge in [-0.3, -0.25) is 0 Å². The molecule has 0 aromatic heterocycles. The van der Waals surface area contributed by atoms with Crippen LogP contribution < -0.4 is 9.47 Å². The maximum atomic E-state index is 13.7. The number of carbonyl (C=O) groups is 1. The van der Waals surface area contributed by atoms with Crippen LogP contribution >= 0.6 is 0 Å². The first-order valence-electron chi connectivity index (χ1n) is 15.6. The van der Waals surface area contributed by atoms with Gasteiger partial charge < -0.3 is 44.8 Å². The molecule has 1 aliphatic heterocycles. The molecule has 3 rings (SSSR count). The van der Waals surface area contributed by atoms with Gasteiger partial charge in [-0.1, -0.05) is 65.2 Å². The summed E-state index contributed by atoms with van der Waals surface area (Å²) in [5, 5.41) is 61.4. The minimum atomic E-state index is -1.72. The second kappa shape index (κ2) is 17.4. The quantitative estimate of drug-likeness (QED) is 0.0859. The summed E-state index contributed by atoms with van der Waals surface area (Å²) in [6.45, 7) is 3.62. The Morgan fingerprint density at radius 1 is 0.767 bits per heavy atom. The number of aromatic hydroxyl groups is 2. The first-order valence-corrected chi connectivity index (χ1v) is 15.6. The SMILES string of the molecule is CCCCCCCc1cc(O)cc(OC(=O)c2c(CCCCCCC)cc(O)cc2O[C@@H]2O[C@H](CO)[C@H](O)[C@H](O)[C@H]2O)c1. The molecule has 0 saturated carbocycles. The summed E-state index contributed by atoms with van der Waals surface area (Å²) in [5.74, 6) is -1.04. The highest BCUT2D eigenvalue weighted by molar-refractivity contribution is 5.96. The van der Waals surface area contributed by atoms with Crippen molar-refractivity contribution in [3.63, 3.8) is 0 Å². The number of rotatable bonds is 17. The number of unbranched alkanes of at least 4 members (excludes halogenated alkanes) is 8. The first-order chi connectivity index (χ1) is 20.7. The molecule has 0 aliphatic carbocycles. The lowest BCUT2D eigenvalue weighted by Gasteiger charge is -2.39. The molecule has 1 fully saturated rings. The number of esters is 1. The fourth-order valence-corrected chi connectivity index (χ4v) is 5.33. The van der Waals surface area contributed by atoms with E-state index in [-0.39, 0.29) is 28.6 Å². The van der Waals surface area contributed by atoms with E-state index in [1.165, 1.54) is 24.6 Å². The maximum absolute atomic E-state index is 13.7. The van der Waals surface area contributed by atoms with Crippen molar-refractivity contribution in [2.24, 2.45) is 0 Å². The van der Waals surface area contributed by atoms with E-state index in [1.807, 2.05) is 0 Å². The summed E-state index contributed by atoms with van der Waals surface area (Å²) in [6, 6.07) is 7.35. The van der Waals surface area contributed by atoms with Gasteiger partial charge in [0.25, 0.3) is 0 Å². The molecule has 6 N–H and O–H groups in total. The standard InChI is InChI=1S/C33H48O10/c1-3-5-7-9-11-13-21-15-23(35)18-25(16-21)41-32(40)28-22(14-12-10-8-6-4-2)17-24(36)19-26(28)42-33-31(39)30(38)29(37)27(20-34)43-33/h15-19,27,29-31,33-39H,3-14,20H2,1-2H3/t27-,29+,30+,31-,33-/m1/s1. The molecule has 10 heteroatoms. The Labute approximate surface area is 253 Å². The third-order valence-electron chi connectivity index (χ3n) is 7.74. The van der Waals surface area contributed by atoms with Crippen LogP contribution in [-0.4, -0.2) is 73.9 Å². The average Bonchev–Trinajstić information content (AvgIpc) is 2.96. The van der Waals surface area contributed by atoms with Gasteiger partial charge in [-0.2, -0.15) is 0 Å². The number of hydrogen-bond acceptors (Lipinski definition) is 10. The normalized spacial score (nSPS) is 22.0. The van der Waals surface area contributed by atoms with Crippen LogP contribution in [-0.2, 0) is 17.6 Å². The van der Waals surface area contributed by atoms with E-state index < -0.39 is 43.3 Å². The minimum absolute atomic E-state index is 0.00490. The molecule has 0 spiro atoms. The molecule has 5 atom stereocenters. The molecule has 10 nitrogen and oxygen atoms in total. The largest absolute Gasteiger partial charge is 0.508 e. The van der Waals surface area contributed by atoms with Gasteiger partial charge >= 0.3 is 5.97 Å². The van der Waals surface area contributed by atoms with Gasteiger partial charge in [0.2, 0.25) is 6.29 Å². The van der Waals surface area contributed by atoms with Crippen LogP contribution in [0.1, 0.15) is 99.5 Å².